The molecule has 0 unspecified atom stereocenters. The summed E-state index contributed by atoms with van der Waals surface area (Å²) in [6.45, 7) is 3.45. The summed E-state index contributed by atoms with van der Waals surface area (Å²) in [7, 11) is -3.31. The molecule has 0 saturated heterocycles. The number of hydrogen-bond acceptors (Lipinski definition) is 4. The molecule has 4 nitrogen and oxygen atoms in total. The van der Waals surface area contributed by atoms with Crippen molar-refractivity contribution >= 4 is 21.4 Å². The fourth-order valence-corrected chi connectivity index (χ4v) is 4.29. The van der Waals surface area contributed by atoms with Gasteiger partial charge >= 0.3 is 0 Å². The van der Waals surface area contributed by atoms with Crippen LogP contribution in [-0.2, 0) is 16.6 Å². The zero-order valence-corrected chi connectivity index (χ0v) is 13.7. The molecule has 2 N–H and O–H groups in total. The van der Waals surface area contributed by atoms with E-state index in [1.54, 1.807) is 6.07 Å². The van der Waals surface area contributed by atoms with Crippen molar-refractivity contribution in [2.45, 2.75) is 62.2 Å². The lowest BCUT2D eigenvalue weighted by atomic mass is 10.2. The predicted octanol–water partition coefficient (Wildman–Crippen LogP) is 2.86. The summed E-state index contributed by atoms with van der Waals surface area (Å²) in [5, 5.41) is 5.33. The second-order valence-electron chi connectivity index (χ2n) is 5.39. The average molecular weight is 316 g/mol. The first-order chi connectivity index (χ1) is 9.62. The summed E-state index contributed by atoms with van der Waals surface area (Å²) < 4.78 is 27.3. The maximum Gasteiger partial charge on any atom is 0.250 e. The van der Waals surface area contributed by atoms with Gasteiger partial charge in [0.1, 0.15) is 4.21 Å². The topological polar surface area (TPSA) is 58.2 Å². The minimum atomic E-state index is -3.31. The van der Waals surface area contributed by atoms with Crippen LogP contribution in [0.15, 0.2) is 15.7 Å². The van der Waals surface area contributed by atoms with Gasteiger partial charge in [0.25, 0.3) is 0 Å². The van der Waals surface area contributed by atoms with Gasteiger partial charge in [-0.05, 0) is 36.3 Å². The zero-order valence-electron chi connectivity index (χ0n) is 12.0. The van der Waals surface area contributed by atoms with Crippen LogP contribution in [0.3, 0.4) is 0 Å². The minimum Gasteiger partial charge on any atom is -0.310 e. The van der Waals surface area contributed by atoms with Crippen LogP contribution in [0.5, 0.6) is 0 Å². The molecule has 1 aliphatic rings. The van der Waals surface area contributed by atoms with Crippen molar-refractivity contribution in [2.75, 3.05) is 6.54 Å². The van der Waals surface area contributed by atoms with Gasteiger partial charge in [-0.25, -0.2) is 13.1 Å². The lowest BCUT2D eigenvalue weighted by Gasteiger charge is -2.04. The van der Waals surface area contributed by atoms with Crippen molar-refractivity contribution in [3.05, 3.63) is 17.0 Å². The zero-order chi connectivity index (χ0) is 14.4. The van der Waals surface area contributed by atoms with Crippen LogP contribution in [-0.4, -0.2) is 21.0 Å². The molecule has 1 aromatic heterocycles. The third-order valence-corrected chi connectivity index (χ3v) is 6.34. The molecule has 0 radical (unpaired) electrons. The molecule has 0 atom stereocenters. The van der Waals surface area contributed by atoms with E-state index < -0.39 is 10.0 Å². The molecule has 2 rings (SSSR count). The summed E-state index contributed by atoms with van der Waals surface area (Å²) >= 11 is 1.31. The SMILES string of the molecule is CCCCCCNS(=O)(=O)c1cc(CNC2CC2)cs1. The molecule has 0 aliphatic heterocycles. The third kappa shape index (κ3) is 5.16. The van der Waals surface area contributed by atoms with E-state index in [9.17, 15) is 8.42 Å². The number of thiophene rings is 1. The fourth-order valence-electron chi connectivity index (χ4n) is 1.97. The second-order valence-corrected chi connectivity index (χ2v) is 8.29. The first-order valence-corrected chi connectivity index (χ1v) is 9.78. The van der Waals surface area contributed by atoms with Gasteiger partial charge in [0, 0.05) is 19.1 Å². The Hall–Kier alpha value is -0.430. The van der Waals surface area contributed by atoms with Gasteiger partial charge in [-0.2, -0.15) is 0 Å². The average Bonchev–Trinajstić information content (AvgIpc) is 3.12. The molecule has 1 saturated carbocycles. The van der Waals surface area contributed by atoms with Crippen molar-refractivity contribution in [1.82, 2.24) is 10.0 Å². The van der Waals surface area contributed by atoms with E-state index >= 15 is 0 Å². The largest absolute Gasteiger partial charge is 0.310 e. The number of sulfonamides is 1. The van der Waals surface area contributed by atoms with Crippen LogP contribution in [0.1, 0.15) is 51.0 Å². The normalized spacial score (nSPS) is 15.7. The second kappa shape index (κ2) is 7.54. The van der Waals surface area contributed by atoms with E-state index in [0.29, 0.717) is 16.8 Å². The van der Waals surface area contributed by atoms with Crippen LogP contribution in [0.2, 0.25) is 0 Å². The van der Waals surface area contributed by atoms with Crippen molar-refractivity contribution in [3.8, 4) is 0 Å². The highest BCUT2D eigenvalue weighted by Crippen LogP contribution is 2.23. The highest BCUT2D eigenvalue weighted by molar-refractivity contribution is 7.91. The lowest BCUT2D eigenvalue weighted by molar-refractivity contribution is 0.575. The highest BCUT2D eigenvalue weighted by atomic mass is 32.2. The van der Waals surface area contributed by atoms with Crippen LogP contribution < -0.4 is 10.0 Å². The number of hydrogen-bond donors (Lipinski definition) is 2. The third-order valence-electron chi connectivity index (χ3n) is 3.39. The van der Waals surface area contributed by atoms with Gasteiger partial charge < -0.3 is 5.32 Å². The molecule has 0 spiro atoms. The first kappa shape index (κ1) is 15.9. The van der Waals surface area contributed by atoms with E-state index in [-0.39, 0.29) is 0 Å². The van der Waals surface area contributed by atoms with E-state index in [2.05, 4.69) is 17.0 Å². The van der Waals surface area contributed by atoms with Gasteiger partial charge in [-0.3, -0.25) is 0 Å². The Balaban J connectivity index is 1.78. The quantitative estimate of drug-likeness (QED) is 0.653. The molecule has 114 valence electrons. The molecule has 0 aromatic carbocycles. The summed E-state index contributed by atoms with van der Waals surface area (Å²) in [5.74, 6) is 0. The van der Waals surface area contributed by atoms with Crippen molar-refractivity contribution in [2.24, 2.45) is 0 Å². The predicted molar refractivity (Wildman–Crippen MR) is 83.5 cm³/mol. The highest BCUT2D eigenvalue weighted by Gasteiger charge is 2.21. The Bertz CT molecular complexity index is 507. The smallest absolute Gasteiger partial charge is 0.250 e. The summed E-state index contributed by atoms with van der Waals surface area (Å²) in [6.07, 6.45) is 6.81. The Kier molecular flexibility index (Phi) is 6.01. The van der Waals surface area contributed by atoms with E-state index in [4.69, 9.17) is 0 Å². The summed E-state index contributed by atoms with van der Waals surface area (Å²) in [4.78, 5) is 0. The molecule has 0 amide bonds. The van der Waals surface area contributed by atoms with Gasteiger partial charge in [-0.1, -0.05) is 26.2 Å². The Morgan fingerprint density at radius 1 is 1.30 bits per heavy atom. The maximum absolute atomic E-state index is 12.1. The van der Waals surface area contributed by atoms with E-state index in [1.807, 2.05) is 5.38 Å². The molecule has 6 heteroatoms. The number of unbranched alkanes of at least 4 members (excludes halogenated alkanes) is 3. The molecular formula is C14H24N2O2S2. The summed E-state index contributed by atoms with van der Waals surface area (Å²) in [5.41, 5.74) is 1.06. The fraction of sp³-hybridized carbons (Fsp3) is 0.714. The Morgan fingerprint density at radius 2 is 2.10 bits per heavy atom. The first-order valence-electron chi connectivity index (χ1n) is 7.42. The maximum atomic E-state index is 12.1. The molecule has 1 fully saturated rings. The van der Waals surface area contributed by atoms with Crippen LogP contribution >= 0.6 is 11.3 Å². The lowest BCUT2D eigenvalue weighted by Crippen LogP contribution is -2.24. The van der Waals surface area contributed by atoms with Crippen molar-refractivity contribution in [3.63, 3.8) is 0 Å². The van der Waals surface area contributed by atoms with Gasteiger partial charge in [0.2, 0.25) is 10.0 Å². The van der Waals surface area contributed by atoms with Gasteiger partial charge in [0.15, 0.2) is 0 Å². The summed E-state index contributed by atoms with van der Waals surface area (Å²) in [6, 6.07) is 2.43. The monoisotopic (exact) mass is 316 g/mol. The van der Waals surface area contributed by atoms with Crippen molar-refractivity contribution in [1.29, 1.82) is 0 Å². The van der Waals surface area contributed by atoms with E-state index in [0.717, 1.165) is 37.8 Å². The minimum absolute atomic E-state index is 0.431. The molecule has 1 heterocycles. The number of rotatable bonds is 10. The van der Waals surface area contributed by atoms with Crippen LogP contribution in [0.4, 0.5) is 0 Å². The van der Waals surface area contributed by atoms with Gasteiger partial charge in [-0.15, -0.1) is 11.3 Å². The standard InChI is InChI=1S/C14H24N2O2S2/c1-2-3-4-5-8-16-20(17,18)14-9-12(11-19-14)10-15-13-6-7-13/h9,11,13,15-16H,2-8,10H2,1H3. The molecule has 0 bridgehead atoms. The molecule has 1 aromatic rings. The Morgan fingerprint density at radius 3 is 2.80 bits per heavy atom. The number of nitrogens with one attached hydrogen (secondary N) is 2. The molecule has 1 aliphatic carbocycles. The van der Waals surface area contributed by atoms with Crippen LogP contribution in [0.25, 0.3) is 0 Å². The van der Waals surface area contributed by atoms with Crippen LogP contribution in [0, 0.1) is 0 Å². The molecule has 20 heavy (non-hydrogen) atoms. The Labute approximate surface area is 126 Å². The molecular weight excluding hydrogens is 292 g/mol. The van der Waals surface area contributed by atoms with Gasteiger partial charge in [0.05, 0.1) is 0 Å². The van der Waals surface area contributed by atoms with E-state index in [1.165, 1.54) is 24.2 Å². The van der Waals surface area contributed by atoms with Crippen molar-refractivity contribution < 1.29 is 8.42 Å².